The van der Waals surface area contributed by atoms with Crippen LogP contribution in [-0.4, -0.2) is 206 Å². The first kappa shape index (κ1) is 75.7. The third-order valence-corrected chi connectivity index (χ3v) is 17.3. The van der Waals surface area contributed by atoms with Gasteiger partial charge in [0.05, 0.1) is 125 Å². The molecule has 532 valence electrons. The summed E-state index contributed by atoms with van der Waals surface area (Å²) in [5.41, 5.74) is 1.84. The number of thioether (sulfide) groups is 2. The molecule has 3 aliphatic rings. The first-order chi connectivity index (χ1) is 47.6. The van der Waals surface area contributed by atoms with Gasteiger partial charge in [-0.25, -0.2) is 28.9 Å². The largest absolute Gasteiger partial charge is 0.476 e. The van der Waals surface area contributed by atoms with Crippen LogP contribution in [0.25, 0.3) is 22.3 Å². The number of aryl methyl sites for hydroxylation is 1. The van der Waals surface area contributed by atoms with E-state index in [0.717, 1.165) is 0 Å². The van der Waals surface area contributed by atoms with Crippen molar-refractivity contribution in [2.45, 2.75) is 88.3 Å². The van der Waals surface area contributed by atoms with Gasteiger partial charge in [-0.05, 0) is 67.0 Å². The van der Waals surface area contributed by atoms with Crippen molar-refractivity contribution in [3.05, 3.63) is 120 Å². The number of carboxylic acid groups (broad SMARTS) is 1. The van der Waals surface area contributed by atoms with Gasteiger partial charge in [-0.3, -0.25) is 43.2 Å². The summed E-state index contributed by atoms with van der Waals surface area (Å²) in [6.07, 6.45) is 4.31. The highest BCUT2D eigenvalue weighted by molar-refractivity contribution is 7.98. The van der Waals surface area contributed by atoms with Crippen molar-refractivity contribution in [1.29, 1.82) is 0 Å². The highest BCUT2D eigenvalue weighted by atomic mass is 32.2. The molecule has 31 nitrogen and oxygen atoms in total. The number of pyridine rings is 2. The van der Waals surface area contributed by atoms with E-state index >= 15 is 4.39 Å². The molecule has 2 aliphatic heterocycles. The van der Waals surface area contributed by atoms with E-state index in [1.165, 1.54) is 34.2 Å². The van der Waals surface area contributed by atoms with Crippen LogP contribution >= 0.6 is 23.5 Å². The zero-order valence-corrected chi connectivity index (χ0v) is 56.6. The average Bonchev–Trinajstić information content (AvgIpc) is 1.61. The van der Waals surface area contributed by atoms with Gasteiger partial charge >= 0.3 is 11.9 Å². The Balaban J connectivity index is 0.664. The zero-order chi connectivity index (χ0) is 71.2. The van der Waals surface area contributed by atoms with Crippen molar-refractivity contribution >= 4 is 93.6 Å². The lowest BCUT2D eigenvalue weighted by atomic mass is 9.81. The second kappa shape index (κ2) is 36.7. The Labute approximate surface area is 575 Å². The first-order valence-electron chi connectivity index (χ1n) is 31.7. The number of nitrogens with one attached hydrogen (secondary N) is 8. The molecule has 0 radical (unpaired) electrons. The SMILES string of the molecule is CC[C@@]1(O)C(=O)OCc2c1cc1n(c2=O)Cc2c-1nc1cc(F)c(C)c3c1c2[C@@H](NC(=O)COCNC(=O)CNC(=O)[C@H](Cc1ccccc1)NC(=O)CNC(=O)CNC(=O)CCOCCOCCOCCOCCNC(=O)CNC(=O)c1nc(CSC)c(CSC)nc1C(=O)O)CC3. The molecule has 8 amide bonds. The Hall–Kier alpha value is -9.03. The predicted octanol–water partition coefficient (Wildman–Crippen LogP) is 0.0139. The third-order valence-electron chi connectivity index (χ3n) is 16.2. The number of esters is 1. The first-order valence-corrected chi connectivity index (χ1v) is 34.5. The van der Waals surface area contributed by atoms with Gasteiger partial charge in [0.25, 0.3) is 11.5 Å². The molecular formula is C65H79FN12O19S2. The maximum absolute atomic E-state index is 15.4. The van der Waals surface area contributed by atoms with Gasteiger partial charge in [-0.2, -0.15) is 23.5 Å². The Morgan fingerprint density at radius 1 is 0.717 bits per heavy atom. The van der Waals surface area contributed by atoms with E-state index in [-0.39, 0.29) is 109 Å². The van der Waals surface area contributed by atoms with E-state index in [9.17, 15) is 63.0 Å². The number of fused-ring (bicyclic) bond motifs is 5. The molecule has 34 heteroatoms. The topological polar surface area (TPSA) is 423 Å². The summed E-state index contributed by atoms with van der Waals surface area (Å²) in [6.45, 7) is 1.76. The van der Waals surface area contributed by atoms with Gasteiger partial charge in [0.15, 0.2) is 17.0 Å². The molecule has 99 heavy (non-hydrogen) atoms. The minimum atomic E-state index is -2.06. The lowest BCUT2D eigenvalue weighted by Gasteiger charge is -2.31. The summed E-state index contributed by atoms with van der Waals surface area (Å²) in [5.74, 6) is -7.16. The summed E-state index contributed by atoms with van der Waals surface area (Å²) >= 11 is 2.89. The van der Waals surface area contributed by atoms with Gasteiger partial charge in [0.2, 0.25) is 41.4 Å². The molecule has 3 aromatic heterocycles. The van der Waals surface area contributed by atoms with Crippen molar-refractivity contribution in [3.8, 4) is 11.4 Å². The fraction of sp³-hybridized carbons (Fsp3) is 0.477. The number of aromatic carboxylic acids is 1. The van der Waals surface area contributed by atoms with Crippen LogP contribution in [0.15, 0.2) is 47.3 Å². The number of carbonyl (C=O) groups excluding carboxylic acids is 9. The smallest absolute Gasteiger partial charge is 0.356 e. The number of carboxylic acids is 1. The number of nitrogens with zero attached hydrogens (tertiary/aromatic N) is 4. The quantitative estimate of drug-likeness (QED) is 0.0138. The van der Waals surface area contributed by atoms with Crippen LogP contribution in [0.5, 0.6) is 0 Å². The molecule has 0 spiro atoms. The van der Waals surface area contributed by atoms with Crippen LogP contribution in [0.4, 0.5) is 4.39 Å². The Morgan fingerprint density at radius 3 is 2.01 bits per heavy atom. The van der Waals surface area contributed by atoms with Crippen LogP contribution in [0.2, 0.25) is 0 Å². The van der Waals surface area contributed by atoms with E-state index in [4.69, 9.17) is 33.4 Å². The maximum Gasteiger partial charge on any atom is 0.356 e. The highest BCUT2D eigenvalue weighted by Crippen LogP contribution is 2.46. The Morgan fingerprint density at radius 2 is 1.33 bits per heavy atom. The minimum Gasteiger partial charge on any atom is -0.476 e. The summed E-state index contributed by atoms with van der Waals surface area (Å²) in [7, 11) is 0. The summed E-state index contributed by atoms with van der Waals surface area (Å²) in [4.78, 5) is 155. The van der Waals surface area contributed by atoms with Gasteiger partial charge in [0.1, 0.15) is 31.8 Å². The van der Waals surface area contributed by atoms with Gasteiger partial charge < -0.3 is 85.7 Å². The fourth-order valence-corrected chi connectivity index (χ4v) is 12.2. The summed E-state index contributed by atoms with van der Waals surface area (Å²) < 4.78 is 49.4. The monoisotopic (exact) mass is 1410 g/mol. The molecular weight excluding hydrogens is 1340 g/mol. The number of ether oxygens (including phenoxy) is 6. The second-order valence-electron chi connectivity index (χ2n) is 22.9. The molecule has 5 aromatic rings. The van der Waals surface area contributed by atoms with E-state index in [2.05, 4.69) is 52.5 Å². The van der Waals surface area contributed by atoms with Crippen LogP contribution in [-0.2, 0) is 110 Å². The average molecular weight is 1420 g/mol. The molecule has 3 atom stereocenters. The second-order valence-corrected chi connectivity index (χ2v) is 24.6. The molecule has 0 saturated heterocycles. The lowest BCUT2D eigenvalue weighted by molar-refractivity contribution is -0.172. The van der Waals surface area contributed by atoms with Crippen LogP contribution in [0.1, 0.15) is 104 Å². The summed E-state index contributed by atoms with van der Waals surface area (Å²) in [5, 5.41) is 42.0. The molecule has 5 heterocycles. The number of hydrogen-bond acceptors (Lipinski definition) is 23. The predicted molar refractivity (Wildman–Crippen MR) is 355 cm³/mol. The number of halogens is 1. The van der Waals surface area contributed by atoms with Gasteiger partial charge in [-0.1, -0.05) is 37.3 Å². The molecule has 0 bridgehead atoms. The van der Waals surface area contributed by atoms with Gasteiger partial charge in [-0.15, -0.1) is 0 Å². The number of hydrogen-bond donors (Lipinski definition) is 10. The van der Waals surface area contributed by atoms with Crippen molar-refractivity contribution in [2.75, 3.05) is 111 Å². The lowest BCUT2D eigenvalue weighted by Crippen LogP contribution is -2.52. The van der Waals surface area contributed by atoms with E-state index in [1.54, 1.807) is 50.2 Å². The number of benzene rings is 2. The number of amides is 8. The molecule has 8 rings (SSSR count). The standard InChI is InChI=1S/C65H79FN12O19S2/c1-5-65(91)41-24-48-57-39(30-78(48)62(87)40(41)31-97-64(65)90)56-43(12-11-38-36(2)42(66)25-44(75-57)55(38)56)73-54(84)32-96-35-72-52(82)28-70-60(85)45(23-37-9-7-6-8-10-37)74-53(83)29-69-51(81)26-68-49(79)13-15-92-17-19-94-21-22-95-20-18-93-16-14-67-50(80)27-71-61(86)58-59(63(88)89)77-47(34-99-4)46(76-58)33-98-3/h6-10,24-25,43,45,91H,5,11-23,26-35H2,1-4H3,(H,67,80)(H,68,79)(H,69,81)(H,70,85)(H,71,86)(H,72,82)(H,73,84)(H,74,83)(H,88,89)/t43-,45-,65-/m0/s1. The highest BCUT2D eigenvalue weighted by Gasteiger charge is 2.46. The zero-order valence-electron chi connectivity index (χ0n) is 55.0. The number of cyclic esters (lactones) is 1. The van der Waals surface area contributed by atoms with Crippen LogP contribution < -0.4 is 48.1 Å². The number of rotatable bonds is 39. The van der Waals surface area contributed by atoms with Gasteiger partial charge in [0, 0.05) is 53.5 Å². The molecule has 0 unspecified atom stereocenters. The molecule has 10 N–H and O–H groups in total. The molecule has 1 aliphatic carbocycles. The normalized spacial score (nSPS) is 15.1. The number of aliphatic hydroxyl groups is 1. The van der Waals surface area contributed by atoms with E-state index in [1.807, 2.05) is 12.5 Å². The fourth-order valence-electron chi connectivity index (χ4n) is 11.2. The van der Waals surface area contributed by atoms with E-state index in [0.29, 0.717) is 85.8 Å². The number of aromatic nitrogens is 4. The number of carbonyl (C=O) groups is 10. The van der Waals surface area contributed by atoms with Crippen LogP contribution in [0.3, 0.4) is 0 Å². The maximum atomic E-state index is 15.4. The third kappa shape index (κ3) is 20.1. The van der Waals surface area contributed by atoms with Crippen molar-refractivity contribution < 1.29 is 91.0 Å². The molecule has 0 saturated carbocycles. The molecule has 0 fully saturated rings. The van der Waals surface area contributed by atoms with Crippen molar-refractivity contribution in [3.63, 3.8) is 0 Å². The van der Waals surface area contributed by atoms with Crippen molar-refractivity contribution in [1.82, 2.24) is 62.1 Å². The van der Waals surface area contributed by atoms with E-state index < -0.39 is 133 Å². The Bertz CT molecular complexity index is 3900. The minimum absolute atomic E-state index is 0.0161. The molecule has 2 aromatic carbocycles. The van der Waals surface area contributed by atoms with Crippen LogP contribution in [0, 0.1) is 12.7 Å². The van der Waals surface area contributed by atoms with Crippen molar-refractivity contribution in [2.24, 2.45) is 0 Å². The summed E-state index contributed by atoms with van der Waals surface area (Å²) in [6, 6.07) is 9.74. The Kier molecular flexibility index (Phi) is 28.1.